The van der Waals surface area contributed by atoms with Crippen molar-refractivity contribution in [3.05, 3.63) is 35.9 Å². The van der Waals surface area contributed by atoms with Gasteiger partial charge in [0.2, 0.25) is 5.91 Å². The van der Waals surface area contributed by atoms with Crippen molar-refractivity contribution in [2.24, 2.45) is 0 Å². The molecule has 0 N–H and O–H groups in total. The molecule has 1 aliphatic rings. The molecule has 1 aromatic carbocycles. The van der Waals surface area contributed by atoms with E-state index in [1.165, 1.54) is 12.5 Å². The van der Waals surface area contributed by atoms with E-state index in [4.69, 9.17) is 0 Å². The molecule has 1 heterocycles. The smallest absolute Gasteiger partial charge is 0.240 e. The molecule has 0 aromatic heterocycles. The third-order valence-electron chi connectivity index (χ3n) is 5.06. The monoisotopic (exact) mass is 380 g/mol. The molecule has 1 unspecified atom stereocenters. The van der Waals surface area contributed by atoms with Crippen molar-refractivity contribution in [1.29, 1.82) is 0 Å². The van der Waals surface area contributed by atoms with Gasteiger partial charge in [0.05, 0.1) is 5.75 Å². The van der Waals surface area contributed by atoms with Crippen molar-refractivity contribution in [2.45, 2.75) is 44.8 Å². The van der Waals surface area contributed by atoms with Crippen molar-refractivity contribution in [3.63, 3.8) is 0 Å². The minimum absolute atomic E-state index is 0.0827. The first-order valence-corrected chi connectivity index (χ1v) is 11.4. The first-order chi connectivity index (χ1) is 12.4. The van der Waals surface area contributed by atoms with Gasteiger partial charge in [-0.25, -0.2) is 8.42 Å². The summed E-state index contributed by atoms with van der Waals surface area (Å²) in [5, 5.41) is -0.924. The summed E-state index contributed by atoms with van der Waals surface area (Å²) < 4.78 is 24.4. The van der Waals surface area contributed by atoms with Crippen molar-refractivity contribution in [1.82, 2.24) is 9.80 Å². The van der Waals surface area contributed by atoms with E-state index in [0.29, 0.717) is 19.5 Å². The summed E-state index contributed by atoms with van der Waals surface area (Å²) in [5.41, 5.74) is 1.36. The van der Waals surface area contributed by atoms with Gasteiger partial charge < -0.3 is 9.80 Å². The van der Waals surface area contributed by atoms with Crippen LogP contribution in [0, 0.1) is 0 Å². The fourth-order valence-electron chi connectivity index (χ4n) is 3.44. The lowest BCUT2D eigenvalue weighted by atomic mass is 10.1. The van der Waals surface area contributed by atoms with Gasteiger partial charge in [0.25, 0.3) is 0 Å². The average molecular weight is 381 g/mol. The zero-order valence-corrected chi connectivity index (χ0v) is 16.9. The second-order valence-corrected chi connectivity index (χ2v) is 9.56. The zero-order valence-electron chi connectivity index (χ0n) is 16.1. The second kappa shape index (κ2) is 10.1. The van der Waals surface area contributed by atoms with E-state index in [9.17, 15) is 13.2 Å². The van der Waals surface area contributed by atoms with Crippen molar-refractivity contribution < 1.29 is 13.2 Å². The molecular formula is C20H32N2O3S. The Morgan fingerprint density at radius 1 is 1.12 bits per heavy atom. The third-order valence-corrected chi connectivity index (χ3v) is 7.31. The SMILES string of the molecule is CCCS(=O)(=O)C(C)C(=O)N1CCCN(CCCc2ccccc2)CC1. The number of sulfone groups is 1. The summed E-state index contributed by atoms with van der Waals surface area (Å²) in [5.74, 6) is -0.149. The first kappa shape index (κ1) is 20.9. The maximum absolute atomic E-state index is 12.6. The van der Waals surface area contributed by atoms with Gasteiger partial charge in [0.15, 0.2) is 9.84 Å². The summed E-state index contributed by atoms with van der Waals surface area (Å²) in [6.07, 6.45) is 3.61. The van der Waals surface area contributed by atoms with E-state index in [1.807, 2.05) is 13.0 Å². The number of rotatable bonds is 8. The lowest BCUT2D eigenvalue weighted by Crippen LogP contribution is -2.44. The minimum atomic E-state index is -3.33. The Balaban J connectivity index is 1.80. The number of aryl methyl sites for hydroxylation is 1. The van der Waals surface area contributed by atoms with Crippen LogP contribution in [0.25, 0.3) is 0 Å². The van der Waals surface area contributed by atoms with Crippen molar-refractivity contribution in [3.8, 4) is 0 Å². The van der Waals surface area contributed by atoms with Gasteiger partial charge in [-0.3, -0.25) is 4.79 Å². The van der Waals surface area contributed by atoms with Crippen molar-refractivity contribution >= 4 is 15.7 Å². The quantitative estimate of drug-likeness (QED) is 0.695. The number of benzene rings is 1. The molecule has 146 valence electrons. The van der Waals surface area contributed by atoms with Crippen LogP contribution in [0.5, 0.6) is 0 Å². The molecule has 1 saturated heterocycles. The second-order valence-electron chi connectivity index (χ2n) is 7.12. The Morgan fingerprint density at radius 2 is 1.85 bits per heavy atom. The van der Waals surface area contributed by atoms with E-state index < -0.39 is 15.1 Å². The molecule has 6 heteroatoms. The highest BCUT2D eigenvalue weighted by Crippen LogP contribution is 2.12. The number of nitrogens with zero attached hydrogens (tertiary/aromatic N) is 2. The molecule has 2 rings (SSSR count). The van der Waals surface area contributed by atoms with Gasteiger partial charge in [-0.2, -0.15) is 0 Å². The molecule has 1 fully saturated rings. The largest absolute Gasteiger partial charge is 0.340 e. The number of carbonyl (C=O) groups is 1. The summed E-state index contributed by atoms with van der Waals surface area (Å²) in [4.78, 5) is 16.7. The van der Waals surface area contributed by atoms with Gasteiger partial charge in [0.1, 0.15) is 5.25 Å². The maximum Gasteiger partial charge on any atom is 0.240 e. The van der Waals surface area contributed by atoms with E-state index >= 15 is 0 Å². The van der Waals surface area contributed by atoms with Crippen LogP contribution >= 0.6 is 0 Å². The Labute approximate surface area is 158 Å². The molecule has 5 nitrogen and oxygen atoms in total. The van der Waals surface area contributed by atoms with Gasteiger partial charge >= 0.3 is 0 Å². The molecule has 1 amide bonds. The summed E-state index contributed by atoms with van der Waals surface area (Å²) in [6.45, 7) is 7.44. The lowest BCUT2D eigenvalue weighted by Gasteiger charge is -2.24. The van der Waals surface area contributed by atoms with E-state index in [2.05, 4.69) is 29.2 Å². The fraction of sp³-hybridized carbons (Fsp3) is 0.650. The first-order valence-electron chi connectivity index (χ1n) is 9.70. The highest BCUT2D eigenvalue weighted by atomic mass is 32.2. The summed E-state index contributed by atoms with van der Waals surface area (Å²) >= 11 is 0. The molecule has 0 spiro atoms. The van der Waals surface area contributed by atoms with Gasteiger partial charge in [-0.1, -0.05) is 37.3 Å². The summed E-state index contributed by atoms with van der Waals surface area (Å²) in [7, 11) is -3.33. The summed E-state index contributed by atoms with van der Waals surface area (Å²) in [6, 6.07) is 10.5. The van der Waals surface area contributed by atoms with Crippen LogP contribution < -0.4 is 0 Å². The molecule has 26 heavy (non-hydrogen) atoms. The molecule has 1 atom stereocenters. The molecular weight excluding hydrogens is 348 g/mol. The Hall–Kier alpha value is -1.40. The normalized spacial score (nSPS) is 17.7. The standard InChI is InChI=1S/C20H32N2O3S/c1-3-17-26(24,25)18(2)20(23)22-14-8-13-21(15-16-22)12-7-11-19-9-5-4-6-10-19/h4-6,9-10,18H,3,7-8,11-17H2,1-2H3. The van der Waals surface area contributed by atoms with Crippen LogP contribution in [-0.4, -0.2) is 67.9 Å². The van der Waals surface area contributed by atoms with E-state index in [1.54, 1.807) is 4.90 Å². The van der Waals surface area contributed by atoms with Crippen LogP contribution in [-0.2, 0) is 21.1 Å². The van der Waals surface area contributed by atoms with Crippen LogP contribution in [0.3, 0.4) is 0 Å². The highest BCUT2D eigenvalue weighted by molar-refractivity contribution is 7.92. The predicted molar refractivity (Wildman–Crippen MR) is 106 cm³/mol. The number of hydrogen-bond donors (Lipinski definition) is 0. The lowest BCUT2D eigenvalue weighted by molar-refractivity contribution is -0.130. The predicted octanol–water partition coefficient (Wildman–Crippen LogP) is 2.37. The Morgan fingerprint density at radius 3 is 2.54 bits per heavy atom. The molecule has 0 aliphatic carbocycles. The molecule has 1 aliphatic heterocycles. The number of carbonyl (C=O) groups excluding carboxylic acids is 1. The highest BCUT2D eigenvalue weighted by Gasteiger charge is 2.31. The third kappa shape index (κ3) is 6.09. The number of hydrogen-bond acceptors (Lipinski definition) is 4. The number of amides is 1. The molecule has 1 aromatic rings. The maximum atomic E-state index is 12.6. The molecule has 0 bridgehead atoms. The van der Waals surface area contributed by atoms with Crippen LogP contribution in [0.15, 0.2) is 30.3 Å². The van der Waals surface area contributed by atoms with Crippen LogP contribution in [0.2, 0.25) is 0 Å². The van der Waals surface area contributed by atoms with Crippen molar-refractivity contribution in [2.75, 3.05) is 38.5 Å². The molecule has 0 saturated carbocycles. The Bertz CT molecular complexity index is 661. The van der Waals surface area contributed by atoms with E-state index in [0.717, 1.165) is 38.9 Å². The molecule has 0 radical (unpaired) electrons. The van der Waals surface area contributed by atoms with Gasteiger partial charge in [-0.05, 0) is 51.3 Å². The van der Waals surface area contributed by atoms with Gasteiger partial charge in [-0.15, -0.1) is 0 Å². The fourth-order valence-corrected chi connectivity index (χ4v) is 4.82. The minimum Gasteiger partial charge on any atom is -0.340 e. The van der Waals surface area contributed by atoms with Gasteiger partial charge in [0, 0.05) is 19.6 Å². The topological polar surface area (TPSA) is 57.7 Å². The zero-order chi connectivity index (χ0) is 19.0. The van der Waals surface area contributed by atoms with Crippen LogP contribution in [0.4, 0.5) is 0 Å². The van der Waals surface area contributed by atoms with Crippen LogP contribution in [0.1, 0.15) is 38.7 Å². The Kier molecular flexibility index (Phi) is 8.10. The average Bonchev–Trinajstić information content (AvgIpc) is 2.87. The van der Waals surface area contributed by atoms with E-state index in [-0.39, 0.29) is 11.7 Å².